The molecular formula is C6H3ClFN3O. The van der Waals surface area contributed by atoms with Crippen LogP contribution in [0.25, 0.3) is 5.52 Å². The van der Waals surface area contributed by atoms with Crippen LogP contribution in [0, 0.1) is 5.95 Å². The Hall–Kier alpha value is -1.36. The lowest BCUT2D eigenvalue weighted by Gasteiger charge is -1.93. The smallest absolute Gasteiger partial charge is 0.276 e. The molecule has 2 aromatic heterocycles. The number of fused-ring (bicyclic) bond motifs is 1. The second kappa shape index (κ2) is 2.31. The first-order chi connectivity index (χ1) is 5.68. The van der Waals surface area contributed by atoms with Gasteiger partial charge in [-0.2, -0.15) is 8.91 Å². The number of H-pyrrole nitrogens is 1. The van der Waals surface area contributed by atoms with Crippen molar-refractivity contribution in [2.75, 3.05) is 0 Å². The number of aromatic amines is 1. The normalized spacial score (nSPS) is 10.8. The molecule has 0 amide bonds. The van der Waals surface area contributed by atoms with Gasteiger partial charge in [-0.3, -0.25) is 9.78 Å². The minimum atomic E-state index is -0.613. The molecule has 4 nitrogen and oxygen atoms in total. The predicted molar refractivity (Wildman–Crippen MR) is 40.8 cm³/mol. The second-order valence-electron chi connectivity index (χ2n) is 2.20. The summed E-state index contributed by atoms with van der Waals surface area (Å²) in [5.41, 5.74) is -0.323. The molecule has 0 bridgehead atoms. The van der Waals surface area contributed by atoms with E-state index in [0.717, 1.165) is 10.6 Å². The van der Waals surface area contributed by atoms with Crippen molar-refractivity contribution in [2.45, 2.75) is 0 Å². The van der Waals surface area contributed by atoms with Crippen LogP contribution >= 0.6 is 11.6 Å². The third-order valence-electron chi connectivity index (χ3n) is 1.45. The number of rotatable bonds is 0. The molecular weight excluding hydrogens is 185 g/mol. The van der Waals surface area contributed by atoms with Gasteiger partial charge in [0.1, 0.15) is 5.52 Å². The Bertz CT molecular complexity index is 489. The van der Waals surface area contributed by atoms with E-state index in [1.165, 1.54) is 6.07 Å². The average molecular weight is 188 g/mol. The summed E-state index contributed by atoms with van der Waals surface area (Å²) in [4.78, 5) is 13.3. The van der Waals surface area contributed by atoms with E-state index >= 15 is 0 Å². The Balaban J connectivity index is 3.03. The van der Waals surface area contributed by atoms with Crippen molar-refractivity contribution in [3.05, 3.63) is 33.7 Å². The summed E-state index contributed by atoms with van der Waals surface area (Å²) in [6.07, 6.45) is 0. The largest absolute Gasteiger partial charge is 0.294 e. The summed E-state index contributed by atoms with van der Waals surface area (Å²) in [5, 5.41) is 3.41. The Morgan fingerprint density at radius 3 is 3.08 bits per heavy atom. The quantitative estimate of drug-likeness (QED) is 0.664. The summed E-state index contributed by atoms with van der Waals surface area (Å²) in [6, 6.07) is 2.48. The zero-order valence-corrected chi connectivity index (χ0v) is 6.47. The molecule has 0 saturated heterocycles. The highest BCUT2D eigenvalue weighted by molar-refractivity contribution is 6.28. The van der Waals surface area contributed by atoms with E-state index in [1.54, 1.807) is 0 Å². The molecule has 62 valence electrons. The molecule has 6 heteroatoms. The molecule has 0 saturated carbocycles. The molecule has 0 spiro atoms. The van der Waals surface area contributed by atoms with Gasteiger partial charge in [-0.1, -0.05) is 0 Å². The van der Waals surface area contributed by atoms with Crippen LogP contribution in [0.5, 0.6) is 0 Å². The Labute approximate surface area is 70.6 Å². The number of aromatic nitrogens is 3. The van der Waals surface area contributed by atoms with Crippen molar-refractivity contribution in [3.8, 4) is 0 Å². The highest BCUT2D eigenvalue weighted by Crippen LogP contribution is 2.03. The van der Waals surface area contributed by atoms with Gasteiger partial charge in [-0.25, -0.2) is 0 Å². The summed E-state index contributed by atoms with van der Waals surface area (Å²) in [5.74, 6) is -0.613. The molecule has 2 aromatic rings. The highest BCUT2D eigenvalue weighted by Gasteiger charge is 2.05. The van der Waals surface area contributed by atoms with Gasteiger partial charge in [0.25, 0.3) is 5.56 Å². The van der Waals surface area contributed by atoms with Gasteiger partial charge in [0.15, 0.2) is 0 Å². The van der Waals surface area contributed by atoms with E-state index in [9.17, 15) is 9.18 Å². The molecule has 0 radical (unpaired) electrons. The average Bonchev–Trinajstić information content (AvgIpc) is 2.33. The van der Waals surface area contributed by atoms with Crippen molar-refractivity contribution in [2.24, 2.45) is 0 Å². The van der Waals surface area contributed by atoms with Crippen LogP contribution in [0.4, 0.5) is 4.39 Å². The zero-order valence-electron chi connectivity index (χ0n) is 5.71. The molecule has 0 aliphatic heterocycles. The van der Waals surface area contributed by atoms with E-state index in [0.29, 0.717) is 0 Å². The van der Waals surface area contributed by atoms with Gasteiger partial charge in [0.2, 0.25) is 11.2 Å². The van der Waals surface area contributed by atoms with Crippen LogP contribution in [0.1, 0.15) is 0 Å². The third-order valence-corrected chi connectivity index (χ3v) is 1.62. The van der Waals surface area contributed by atoms with Crippen LogP contribution in [-0.4, -0.2) is 14.6 Å². The van der Waals surface area contributed by atoms with E-state index in [2.05, 4.69) is 10.1 Å². The number of nitrogens with one attached hydrogen (secondary N) is 1. The second-order valence-corrected chi connectivity index (χ2v) is 2.56. The van der Waals surface area contributed by atoms with Crippen LogP contribution in [0.3, 0.4) is 0 Å². The number of halogens is 2. The molecule has 2 rings (SSSR count). The minimum Gasteiger partial charge on any atom is -0.294 e. The SMILES string of the molecule is O=c1[nH]c(Cl)nn2c(F)ccc12. The lowest BCUT2D eigenvalue weighted by Crippen LogP contribution is -2.12. The fourth-order valence-corrected chi connectivity index (χ4v) is 1.11. The molecule has 0 aromatic carbocycles. The van der Waals surface area contributed by atoms with Gasteiger partial charge < -0.3 is 0 Å². The molecule has 1 N–H and O–H groups in total. The van der Waals surface area contributed by atoms with Crippen molar-refractivity contribution in [1.82, 2.24) is 14.6 Å². The number of nitrogens with zero attached hydrogens (tertiary/aromatic N) is 2. The Morgan fingerprint density at radius 2 is 2.33 bits per heavy atom. The van der Waals surface area contributed by atoms with Gasteiger partial charge in [-0.15, -0.1) is 5.10 Å². The highest BCUT2D eigenvalue weighted by atomic mass is 35.5. The summed E-state index contributed by atoms with van der Waals surface area (Å²) >= 11 is 5.40. The van der Waals surface area contributed by atoms with Gasteiger partial charge in [0, 0.05) is 0 Å². The Kier molecular flexibility index (Phi) is 1.41. The molecule has 0 aliphatic rings. The summed E-state index contributed by atoms with van der Waals surface area (Å²) < 4.78 is 13.6. The van der Waals surface area contributed by atoms with E-state index in [4.69, 9.17) is 11.6 Å². The molecule has 0 fully saturated rings. The van der Waals surface area contributed by atoms with Crippen LogP contribution in [0.15, 0.2) is 16.9 Å². The van der Waals surface area contributed by atoms with Crippen molar-refractivity contribution in [3.63, 3.8) is 0 Å². The molecule has 12 heavy (non-hydrogen) atoms. The van der Waals surface area contributed by atoms with E-state index < -0.39 is 11.5 Å². The number of hydrogen-bond acceptors (Lipinski definition) is 2. The molecule has 0 atom stereocenters. The molecule has 0 aliphatic carbocycles. The topological polar surface area (TPSA) is 50.2 Å². The lowest BCUT2D eigenvalue weighted by molar-refractivity contribution is 0.546. The first kappa shape index (κ1) is 7.30. The maximum absolute atomic E-state index is 12.8. The lowest BCUT2D eigenvalue weighted by atomic mass is 10.5. The van der Waals surface area contributed by atoms with Crippen LogP contribution < -0.4 is 5.56 Å². The van der Waals surface area contributed by atoms with Crippen molar-refractivity contribution < 1.29 is 4.39 Å². The maximum Gasteiger partial charge on any atom is 0.276 e. The molecule has 2 heterocycles. The minimum absolute atomic E-state index is 0.136. The van der Waals surface area contributed by atoms with Crippen LogP contribution in [-0.2, 0) is 0 Å². The Morgan fingerprint density at radius 1 is 1.58 bits per heavy atom. The summed E-state index contributed by atoms with van der Waals surface area (Å²) in [7, 11) is 0. The fraction of sp³-hybridized carbons (Fsp3) is 0. The third kappa shape index (κ3) is 0.902. The van der Waals surface area contributed by atoms with Gasteiger partial charge in [0.05, 0.1) is 0 Å². The molecule has 0 unspecified atom stereocenters. The maximum atomic E-state index is 12.8. The van der Waals surface area contributed by atoms with Gasteiger partial charge >= 0.3 is 0 Å². The van der Waals surface area contributed by atoms with Crippen molar-refractivity contribution >= 4 is 17.1 Å². The van der Waals surface area contributed by atoms with Crippen molar-refractivity contribution in [1.29, 1.82) is 0 Å². The predicted octanol–water partition coefficient (Wildman–Crippen LogP) is 0.815. The van der Waals surface area contributed by atoms with E-state index in [1.807, 2.05) is 0 Å². The van der Waals surface area contributed by atoms with Gasteiger partial charge in [-0.05, 0) is 23.7 Å². The first-order valence-electron chi connectivity index (χ1n) is 3.11. The first-order valence-corrected chi connectivity index (χ1v) is 3.49. The van der Waals surface area contributed by atoms with E-state index in [-0.39, 0.29) is 10.8 Å². The fourth-order valence-electron chi connectivity index (χ4n) is 0.948. The van der Waals surface area contributed by atoms with Crippen LogP contribution in [0.2, 0.25) is 5.28 Å². The summed E-state index contributed by atoms with van der Waals surface area (Å²) in [6.45, 7) is 0. The monoisotopic (exact) mass is 187 g/mol. The number of hydrogen-bond donors (Lipinski definition) is 1. The zero-order chi connectivity index (χ0) is 8.72. The standard InChI is InChI=1S/C6H3ClFN3O/c7-6-9-5(12)3-1-2-4(8)11(3)10-6/h1-2H,(H,9,10,12).